The van der Waals surface area contributed by atoms with E-state index in [4.69, 9.17) is 9.73 Å². The van der Waals surface area contributed by atoms with Crippen LogP contribution in [0, 0.1) is 0 Å². The van der Waals surface area contributed by atoms with Gasteiger partial charge in [-0.05, 0) is 56.0 Å². The molecule has 3 rings (SSSR count). The number of ether oxygens (including phenoxy) is 1. The van der Waals surface area contributed by atoms with Crippen molar-refractivity contribution in [2.24, 2.45) is 4.99 Å². The summed E-state index contributed by atoms with van der Waals surface area (Å²) in [5.41, 5.74) is 2.39. The highest BCUT2D eigenvalue weighted by Gasteiger charge is 2.20. The lowest BCUT2D eigenvalue weighted by atomic mass is 10.0. The number of phenols is 1. The van der Waals surface area contributed by atoms with Crippen LogP contribution in [-0.4, -0.2) is 50.4 Å². The lowest BCUT2D eigenvalue weighted by molar-refractivity contribution is 0.373. The molecule has 0 aliphatic carbocycles. The highest BCUT2D eigenvalue weighted by molar-refractivity contribution is 14.0. The Bertz CT molecular complexity index is 793. The van der Waals surface area contributed by atoms with E-state index in [1.807, 2.05) is 12.1 Å². The van der Waals surface area contributed by atoms with E-state index in [1.165, 1.54) is 5.69 Å². The van der Waals surface area contributed by atoms with Gasteiger partial charge in [-0.3, -0.25) is 4.99 Å². The van der Waals surface area contributed by atoms with E-state index in [2.05, 4.69) is 52.8 Å². The quantitative estimate of drug-likeness (QED) is 0.292. The second kappa shape index (κ2) is 12.5. The Kier molecular flexibility index (Phi) is 10.1. The lowest BCUT2D eigenvalue weighted by Crippen LogP contribution is -2.48. The maximum Gasteiger partial charge on any atom is 0.191 e. The van der Waals surface area contributed by atoms with Crippen LogP contribution in [0.4, 0.5) is 5.69 Å². The van der Waals surface area contributed by atoms with Gasteiger partial charge in [0.15, 0.2) is 17.5 Å². The minimum Gasteiger partial charge on any atom is -0.504 e. The Morgan fingerprint density at radius 3 is 2.57 bits per heavy atom. The van der Waals surface area contributed by atoms with E-state index in [-0.39, 0.29) is 29.7 Å². The summed E-state index contributed by atoms with van der Waals surface area (Å²) in [4.78, 5) is 7.18. The van der Waals surface area contributed by atoms with Crippen molar-refractivity contribution >= 4 is 35.6 Å². The van der Waals surface area contributed by atoms with Gasteiger partial charge in [-0.1, -0.05) is 24.3 Å². The van der Waals surface area contributed by atoms with Crippen molar-refractivity contribution in [1.29, 1.82) is 0 Å². The van der Waals surface area contributed by atoms with Crippen molar-refractivity contribution in [3.63, 3.8) is 0 Å². The molecule has 0 saturated carbocycles. The van der Waals surface area contributed by atoms with Crippen LogP contribution in [0.15, 0.2) is 53.5 Å². The molecule has 1 aliphatic heterocycles. The van der Waals surface area contributed by atoms with E-state index >= 15 is 0 Å². The van der Waals surface area contributed by atoms with Gasteiger partial charge in [-0.25, -0.2) is 0 Å². The molecule has 0 unspecified atom stereocenters. The first-order valence-electron chi connectivity index (χ1n) is 10.4. The standard InChI is InChI=1S/C23H32N4O2.HI/c1-3-24-23(25-14-11-18-9-10-21(28)22(17-18)29-2)26-19-12-15-27(16-13-19)20-7-5-4-6-8-20;/h4-10,17,19,28H,3,11-16H2,1-2H3,(H2,24,25,26);1H. The molecule has 0 spiro atoms. The minimum atomic E-state index is 0. The number of para-hydroxylation sites is 1. The Morgan fingerprint density at radius 2 is 1.90 bits per heavy atom. The second-order valence-corrected chi connectivity index (χ2v) is 7.26. The van der Waals surface area contributed by atoms with Crippen LogP contribution in [0.3, 0.4) is 0 Å². The first-order valence-corrected chi connectivity index (χ1v) is 10.4. The number of nitrogens with one attached hydrogen (secondary N) is 2. The van der Waals surface area contributed by atoms with Gasteiger partial charge >= 0.3 is 0 Å². The maximum atomic E-state index is 9.72. The zero-order valence-corrected chi connectivity index (χ0v) is 20.1. The monoisotopic (exact) mass is 524 g/mol. The molecule has 30 heavy (non-hydrogen) atoms. The topological polar surface area (TPSA) is 69.1 Å². The molecule has 0 bridgehead atoms. The molecule has 6 nitrogen and oxygen atoms in total. The Labute approximate surface area is 196 Å². The number of guanidine groups is 1. The number of rotatable bonds is 7. The molecule has 1 aliphatic rings. The third-order valence-electron chi connectivity index (χ3n) is 5.22. The van der Waals surface area contributed by atoms with Crippen LogP contribution >= 0.6 is 24.0 Å². The third-order valence-corrected chi connectivity index (χ3v) is 5.22. The fourth-order valence-corrected chi connectivity index (χ4v) is 3.61. The molecule has 3 N–H and O–H groups in total. The Balaban J connectivity index is 0.00000320. The SMILES string of the molecule is CCNC(=NCCc1ccc(O)c(OC)c1)NC1CCN(c2ccccc2)CC1.I. The van der Waals surface area contributed by atoms with Gasteiger partial charge in [0.05, 0.1) is 7.11 Å². The average molecular weight is 524 g/mol. The van der Waals surface area contributed by atoms with E-state index in [1.54, 1.807) is 13.2 Å². The predicted octanol–water partition coefficient (Wildman–Crippen LogP) is 3.79. The van der Waals surface area contributed by atoms with Gasteiger partial charge in [0.2, 0.25) is 0 Å². The normalized spacial score (nSPS) is 14.7. The largest absolute Gasteiger partial charge is 0.504 e. The van der Waals surface area contributed by atoms with E-state index in [0.717, 1.165) is 50.4 Å². The fourth-order valence-electron chi connectivity index (χ4n) is 3.61. The molecule has 1 saturated heterocycles. The van der Waals surface area contributed by atoms with Crippen LogP contribution in [0.25, 0.3) is 0 Å². The molecule has 0 amide bonds. The summed E-state index contributed by atoms with van der Waals surface area (Å²) in [6, 6.07) is 16.5. The zero-order chi connectivity index (χ0) is 20.5. The number of anilines is 1. The van der Waals surface area contributed by atoms with E-state index in [9.17, 15) is 5.11 Å². The molecule has 0 aromatic heterocycles. The summed E-state index contributed by atoms with van der Waals surface area (Å²) in [7, 11) is 1.56. The van der Waals surface area contributed by atoms with Crippen molar-refractivity contribution in [2.75, 3.05) is 38.2 Å². The van der Waals surface area contributed by atoms with Crippen LogP contribution in [0.1, 0.15) is 25.3 Å². The average Bonchev–Trinajstić information content (AvgIpc) is 2.76. The maximum absolute atomic E-state index is 9.72. The zero-order valence-electron chi connectivity index (χ0n) is 17.8. The summed E-state index contributed by atoms with van der Waals surface area (Å²) in [5.74, 6) is 1.54. The van der Waals surface area contributed by atoms with Crippen LogP contribution in [0.5, 0.6) is 11.5 Å². The van der Waals surface area contributed by atoms with Gasteiger partial charge < -0.3 is 25.4 Å². The van der Waals surface area contributed by atoms with Crippen molar-refractivity contribution < 1.29 is 9.84 Å². The highest BCUT2D eigenvalue weighted by atomic mass is 127. The van der Waals surface area contributed by atoms with Gasteiger partial charge in [-0.15, -0.1) is 24.0 Å². The second-order valence-electron chi connectivity index (χ2n) is 7.26. The van der Waals surface area contributed by atoms with Crippen molar-refractivity contribution in [3.05, 3.63) is 54.1 Å². The summed E-state index contributed by atoms with van der Waals surface area (Å²) in [5, 5.41) is 16.7. The molecular weight excluding hydrogens is 491 g/mol. The van der Waals surface area contributed by atoms with Gasteiger partial charge in [0, 0.05) is 37.9 Å². The van der Waals surface area contributed by atoms with Gasteiger partial charge in [0.25, 0.3) is 0 Å². The molecule has 2 aromatic carbocycles. The number of hydrogen-bond acceptors (Lipinski definition) is 4. The number of methoxy groups -OCH3 is 1. The molecule has 1 fully saturated rings. The molecule has 7 heteroatoms. The molecule has 164 valence electrons. The molecule has 0 atom stereocenters. The molecular formula is C23H33IN4O2. The number of benzene rings is 2. The van der Waals surface area contributed by atoms with Crippen LogP contribution < -0.4 is 20.3 Å². The Morgan fingerprint density at radius 1 is 1.17 bits per heavy atom. The smallest absolute Gasteiger partial charge is 0.191 e. The third kappa shape index (κ3) is 6.97. The molecule has 0 radical (unpaired) electrons. The first kappa shape index (κ1) is 24.1. The number of aromatic hydroxyl groups is 1. The van der Waals surface area contributed by atoms with Gasteiger partial charge in [-0.2, -0.15) is 0 Å². The number of phenolic OH excluding ortho intramolecular Hbond substituents is 1. The highest BCUT2D eigenvalue weighted by Crippen LogP contribution is 2.26. The van der Waals surface area contributed by atoms with Crippen molar-refractivity contribution in [3.8, 4) is 11.5 Å². The van der Waals surface area contributed by atoms with Crippen LogP contribution in [0.2, 0.25) is 0 Å². The minimum absolute atomic E-state index is 0. The fraction of sp³-hybridized carbons (Fsp3) is 0.435. The summed E-state index contributed by atoms with van der Waals surface area (Å²) in [6.07, 6.45) is 2.97. The number of piperidine rings is 1. The van der Waals surface area contributed by atoms with Crippen LogP contribution in [-0.2, 0) is 6.42 Å². The number of hydrogen-bond donors (Lipinski definition) is 3. The summed E-state index contributed by atoms with van der Waals surface area (Å²) in [6.45, 7) is 5.69. The Hall–Kier alpha value is -2.16. The van der Waals surface area contributed by atoms with E-state index in [0.29, 0.717) is 18.3 Å². The predicted molar refractivity (Wildman–Crippen MR) is 135 cm³/mol. The van der Waals surface area contributed by atoms with E-state index < -0.39 is 0 Å². The van der Waals surface area contributed by atoms with Crippen molar-refractivity contribution in [2.45, 2.75) is 32.2 Å². The number of aliphatic imine (C=N–C) groups is 1. The van der Waals surface area contributed by atoms with Crippen molar-refractivity contribution in [1.82, 2.24) is 10.6 Å². The molecule has 2 aromatic rings. The number of halogens is 1. The summed E-state index contributed by atoms with van der Waals surface area (Å²) >= 11 is 0. The summed E-state index contributed by atoms with van der Waals surface area (Å²) < 4.78 is 5.18. The molecule has 1 heterocycles. The van der Waals surface area contributed by atoms with Gasteiger partial charge in [0.1, 0.15) is 0 Å². The first-order chi connectivity index (χ1) is 14.2. The number of nitrogens with zero attached hydrogens (tertiary/aromatic N) is 2. The lowest BCUT2D eigenvalue weighted by Gasteiger charge is -2.34.